The molecule has 1 amide bonds. The molecule has 1 aliphatic carbocycles. The van der Waals surface area contributed by atoms with Gasteiger partial charge in [0.15, 0.2) is 0 Å². The number of nitrogens with zero attached hydrogens (tertiary/aromatic N) is 1. The lowest BCUT2D eigenvalue weighted by Gasteiger charge is -2.34. The normalized spacial score (nSPS) is 26.1. The van der Waals surface area contributed by atoms with Crippen LogP contribution in [-0.2, 0) is 9.59 Å². The molecule has 1 N–H and O–H groups in total. The van der Waals surface area contributed by atoms with Crippen molar-refractivity contribution in [2.24, 2.45) is 11.3 Å². The van der Waals surface area contributed by atoms with Crippen molar-refractivity contribution in [3.63, 3.8) is 0 Å². The van der Waals surface area contributed by atoms with E-state index in [1.54, 1.807) is 4.90 Å². The van der Waals surface area contributed by atoms with Crippen LogP contribution in [-0.4, -0.2) is 32.7 Å². The number of carboxylic acids is 1. The second-order valence-electron chi connectivity index (χ2n) is 7.25. The van der Waals surface area contributed by atoms with Crippen LogP contribution in [0.5, 0.6) is 0 Å². The second kappa shape index (κ2) is 7.79. The van der Waals surface area contributed by atoms with Gasteiger partial charge in [-0.2, -0.15) is 0 Å². The smallest absolute Gasteiger partial charge is 0.303 e. The molecule has 6 heteroatoms. The molecule has 0 aromatic rings. The molecule has 2 rings (SSSR count). The molecular formula is C17H25NO3S2. The number of carboxylic acid groups (broad SMARTS) is 1. The third-order valence-electron chi connectivity index (χ3n) is 4.59. The van der Waals surface area contributed by atoms with Gasteiger partial charge < -0.3 is 5.11 Å². The minimum Gasteiger partial charge on any atom is -0.481 e. The number of hydrogen-bond donors (Lipinski definition) is 1. The van der Waals surface area contributed by atoms with Crippen molar-refractivity contribution < 1.29 is 14.7 Å². The Morgan fingerprint density at radius 3 is 2.91 bits per heavy atom. The first-order chi connectivity index (χ1) is 10.8. The fourth-order valence-electron chi connectivity index (χ4n) is 3.45. The first kappa shape index (κ1) is 18.5. The van der Waals surface area contributed by atoms with E-state index >= 15 is 0 Å². The monoisotopic (exact) mass is 355 g/mol. The highest BCUT2D eigenvalue weighted by atomic mass is 32.2. The highest BCUT2D eigenvalue weighted by Crippen LogP contribution is 2.41. The number of carbonyl (C=O) groups is 2. The molecule has 1 saturated heterocycles. The first-order valence-electron chi connectivity index (χ1n) is 8.24. The molecule has 0 aromatic heterocycles. The van der Waals surface area contributed by atoms with Crippen molar-refractivity contribution in [2.75, 3.05) is 6.54 Å². The summed E-state index contributed by atoms with van der Waals surface area (Å²) in [6.45, 7) is 5.03. The number of allylic oxidation sites excluding steroid dienone is 1. The Bertz CT molecular complexity index is 528. The Hall–Kier alpha value is -0.880. The first-order valence-corrected chi connectivity index (χ1v) is 9.46. The van der Waals surface area contributed by atoms with Crippen molar-refractivity contribution in [3.8, 4) is 0 Å². The maximum absolute atomic E-state index is 12.4. The summed E-state index contributed by atoms with van der Waals surface area (Å²) in [7, 11) is 0. The van der Waals surface area contributed by atoms with Gasteiger partial charge in [0.05, 0.1) is 4.91 Å². The van der Waals surface area contributed by atoms with Gasteiger partial charge in [-0.1, -0.05) is 56.7 Å². The summed E-state index contributed by atoms with van der Waals surface area (Å²) in [5.41, 5.74) is 0.409. The van der Waals surface area contributed by atoms with Gasteiger partial charge >= 0.3 is 5.97 Å². The Kier molecular flexibility index (Phi) is 6.26. The molecular weight excluding hydrogens is 330 g/mol. The lowest BCUT2D eigenvalue weighted by atomic mass is 9.71. The minimum atomic E-state index is -0.842. The van der Waals surface area contributed by atoms with Crippen LogP contribution in [0, 0.1) is 11.3 Å². The van der Waals surface area contributed by atoms with Crippen LogP contribution >= 0.6 is 24.0 Å². The molecule has 1 aliphatic heterocycles. The lowest BCUT2D eigenvalue weighted by Crippen LogP contribution is -2.29. The van der Waals surface area contributed by atoms with Crippen LogP contribution in [0.2, 0.25) is 0 Å². The van der Waals surface area contributed by atoms with Crippen LogP contribution in [0.1, 0.15) is 58.8 Å². The molecule has 1 unspecified atom stereocenters. The Balaban J connectivity index is 1.89. The molecule has 0 aromatic carbocycles. The largest absolute Gasteiger partial charge is 0.481 e. The Morgan fingerprint density at radius 2 is 2.26 bits per heavy atom. The maximum atomic E-state index is 12.4. The van der Waals surface area contributed by atoms with Crippen LogP contribution in [0.15, 0.2) is 11.0 Å². The van der Waals surface area contributed by atoms with E-state index in [-0.39, 0.29) is 12.3 Å². The molecule has 0 spiro atoms. The average Bonchev–Trinajstić information content (AvgIpc) is 2.71. The van der Waals surface area contributed by atoms with Gasteiger partial charge in [-0.25, -0.2) is 0 Å². The quantitative estimate of drug-likeness (QED) is 0.571. The third kappa shape index (κ3) is 5.31. The van der Waals surface area contributed by atoms with Gasteiger partial charge in [-0.05, 0) is 37.0 Å². The van der Waals surface area contributed by atoms with Crippen LogP contribution in [0.25, 0.3) is 0 Å². The summed E-state index contributed by atoms with van der Waals surface area (Å²) in [6, 6.07) is 0. The fraction of sp³-hybridized carbons (Fsp3) is 0.706. The van der Waals surface area contributed by atoms with Crippen molar-refractivity contribution in [2.45, 2.75) is 58.8 Å². The molecule has 1 heterocycles. The van der Waals surface area contributed by atoms with Crippen molar-refractivity contribution in [3.05, 3.63) is 11.0 Å². The molecule has 1 saturated carbocycles. The topological polar surface area (TPSA) is 57.6 Å². The van der Waals surface area contributed by atoms with E-state index < -0.39 is 5.97 Å². The van der Waals surface area contributed by atoms with E-state index in [0.29, 0.717) is 33.5 Å². The second-order valence-corrected chi connectivity index (χ2v) is 8.93. The average molecular weight is 356 g/mol. The van der Waals surface area contributed by atoms with E-state index in [1.807, 2.05) is 6.08 Å². The predicted molar refractivity (Wildman–Crippen MR) is 97.2 cm³/mol. The van der Waals surface area contributed by atoms with Gasteiger partial charge in [0.1, 0.15) is 4.32 Å². The SMILES string of the molecule is CC1(C)CCCC(C/C=C2/SC(=S)N(CCCC(=O)O)C2=O)C1. The summed E-state index contributed by atoms with van der Waals surface area (Å²) in [4.78, 5) is 25.2. The zero-order chi connectivity index (χ0) is 17.0. The summed E-state index contributed by atoms with van der Waals surface area (Å²) < 4.78 is 0.551. The van der Waals surface area contributed by atoms with Crippen LogP contribution in [0.4, 0.5) is 0 Å². The zero-order valence-corrected chi connectivity index (χ0v) is 15.5. The van der Waals surface area contributed by atoms with E-state index in [9.17, 15) is 9.59 Å². The number of hydrogen-bond acceptors (Lipinski definition) is 4. The van der Waals surface area contributed by atoms with E-state index in [4.69, 9.17) is 17.3 Å². The van der Waals surface area contributed by atoms with E-state index in [2.05, 4.69) is 13.8 Å². The number of thioether (sulfide) groups is 1. The number of thiocarbonyl (C=S) groups is 1. The Morgan fingerprint density at radius 1 is 1.52 bits per heavy atom. The summed E-state index contributed by atoms with van der Waals surface area (Å²) in [5.74, 6) is -0.249. The summed E-state index contributed by atoms with van der Waals surface area (Å²) in [5, 5.41) is 8.69. The van der Waals surface area contributed by atoms with Gasteiger partial charge in [0.2, 0.25) is 0 Å². The van der Waals surface area contributed by atoms with Crippen LogP contribution in [0.3, 0.4) is 0 Å². The number of rotatable bonds is 6. The molecule has 23 heavy (non-hydrogen) atoms. The summed E-state index contributed by atoms with van der Waals surface area (Å²) in [6.07, 6.45) is 8.48. The van der Waals surface area contributed by atoms with E-state index in [1.165, 1.54) is 37.4 Å². The third-order valence-corrected chi connectivity index (χ3v) is 6.02. The number of carbonyl (C=O) groups excluding carboxylic acids is 1. The number of aliphatic carboxylic acids is 1. The van der Waals surface area contributed by atoms with Crippen LogP contribution < -0.4 is 0 Å². The summed E-state index contributed by atoms with van der Waals surface area (Å²) >= 11 is 6.61. The van der Waals surface area contributed by atoms with Crippen molar-refractivity contribution >= 4 is 40.2 Å². The predicted octanol–water partition coefficient (Wildman–Crippen LogP) is 4.20. The molecule has 2 aliphatic rings. The van der Waals surface area contributed by atoms with Gasteiger partial charge in [-0.3, -0.25) is 14.5 Å². The highest BCUT2D eigenvalue weighted by molar-refractivity contribution is 8.26. The molecule has 0 radical (unpaired) electrons. The minimum absolute atomic E-state index is 0.0551. The molecule has 1 atom stereocenters. The highest BCUT2D eigenvalue weighted by Gasteiger charge is 2.32. The van der Waals surface area contributed by atoms with Crippen molar-refractivity contribution in [1.29, 1.82) is 0 Å². The van der Waals surface area contributed by atoms with E-state index in [0.717, 1.165) is 6.42 Å². The van der Waals surface area contributed by atoms with Gasteiger partial charge in [0, 0.05) is 13.0 Å². The fourth-order valence-corrected chi connectivity index (χ4v) is 4.74. The Labute approximate surface area is 147 Å². The van der Waals surface area contributed by atoms with Gasteiger partial charge in [0.25, 0.3) is 5.91 Å². The van der Waals surface area contributed by atoms with Gasteiger partial charge in [-0.15, -0.1) is 0 Å². The van der Waals surface area contributed by atoms with Crippen molar-refractivity contribution in [1.82, 2.24) is 4.90 Å². The standard InChI is InChI=1S/C17H25NO3S2/c1-17(2)9-3-5-12(11-17)7-8-13-15(21)18(16(22)23-13)10-4-6-14(19)20/h8,12H,3-7,9-11H2,1-2H3,(H,19,20)/b13-8+. The zero-order valence-electron chi connectivity index (χ0n) is 13.8. The number of amides is 1. The molecule has 128 valence electrons. The molecule has 0 bridgehead atoms. The molecule has 2 fully saturated rings. The maximum Gasteiger partial charge on any atom is 0.303 e. The lowest BCUT2D eigenvalue weighted by molar-refractivity contribution is -0.137. The molecule has 4 nitrogen and oxygen atoms in total.